The van der Waals surface area contributed by atoms with Crippen LogP contribution in [0, 0.1) is 13.8 Å². The van der Waals surface area contributed by atoms with Crippen molar-refractivity contribution in [3.8, 4) is 11.6 Å². The van der Waals surface area contributed by atoms with Crippen LogP contribution in [0.4, 0.5) is 0 Å². The molecule has 8 heteroatoms. The maximum absolute atomic E-state index is 13.3. The Morgan fingerprint density at radius 3 is 2.87 bits per heavy atom. The van der Waals surface area contributed by atoms with Crippen molar-refractivity contribution in [2.24, 2.45) is 0 Å². The summed E-state index contributed by atoms with van der Waals surface area (Å²) in [6.07, 6.45) is 9.46. The molecule has 8 nitrogen and oxygen atoms in total. The van der Waals surface area contributed by atoms with Crippen LogP contribution in [0.5, 0.6) is 0 Å². The number of benzene rings is 1. The summed E-state index contributed by atoms with van der Waals surface area (Å²) in [4.78, 5) is 23.4. The predicted octanol–water partition coefficient (Wildman–Crippen LogP) is 4.19. The minimum Gasteiger partial charge on any atom is -0.464 e. The van der Waals surface area contributed by atoms with Crippen LogP contribution < -0.4 is 0 Å². The number of carbonyl (C=O) groups is 1. The van der Waals surface area contributed by atoms with E-state index in [1.54, 1.807) is 24.9 Å². The zero-order chi connectivity index (χ0) is 21.4. The molecular formula is C23H23N5O3. The number of carbonyl (C=O) groups excluding carboxylic acids is 1. The van der Waals surface area contributed by atoms with E-state index in [1.165, 1.54) is 11.1 Å². The van der Waals surface area contributed by atoms with Gasteiger partial charge in [-0.1, -0.05) is 0 Å². The molecule has 0 N–H and O–H groups in total. The molecule has 3 aromatic heterocycles. The SMILES string of the molecule is Cc1cc2occ(CC(=O)N3CCCCC3c3nnc(-c4cnccn4)o3)c2cc1C. The third-order valence-electron chi connectivity index (χ3n) is 5.94. The van der Waals surface area contributed by atoms with Crippen LogP contribution in [0.25, 0.3) is 22.6 Å². The molecule has 0 radical (unpaired) electrons. The van der Waals surface area contributed by atoms with Crippen molar-refractivity contribution in [1.29, 1.82) is 0 Å². The van der Waals surface area contributed by atoms with Crippen molar-refractivity contribution in [3.63, 3.8) is 0 Å². The zero-order valence-corrected chi connectivity index (χ0v) is 17.5. The van der Waals surface area contributed by atoms with E-state index < -0.39 is 0 Å². The lowest BCUT2D eigenvalue weighted by Crippen LogP contribution is -2.39. The van der Waals surface area contributed by atoms with Crippen LogP contribution in [0.3, 0.4) is 0 Å². The molecule has 0 spiro atoms. The lowest BCUT2D eigenvalue weighted by Gasteiger charge is -2.33. The third kappa shape index (κ3) is 3.69. The molecule has 4 heterocycles. The van der Waals surface area contributed by atoms with E-state index in [2.05, 4.69) is 40.1 Å². The molecule has 1 aromatic carbocycles. The van der Waals surface area contributed by atoms with Gasteiger partial charge in [0, 0.05) is 29.9 Å². The van der Waals surface area contributed by atoms with Crippen molar-refractivity contribution in [2.75, 3.05) is 6.54 Å². The Kier molecular flexibility index (Phi) is 4.97. The zero-order valence-electron chi connectivity index (χ0n) is 17.5. The van der Waals surface area contributed by atoms with Crippen LogP contribution >= 0.6 is 0 Å². The van der Waals surface area contributed by atoms with Gasteiger partial charge in [-0.15, -0.1) is 10.2 Å². The lowest BCUT2D eigenvalue weighted by molar-refractivity contribution is -0.134. The average Bonchev–Trinajstić information content (AvgIpc) is 3.43. The molecular weight excluding hydrogens is 394 g/mol. The molecule has 0 bridgehead atoms. The fraction of sp³-hybridized carbons (Fsp3) is 0.348. The van der Waals surface area contributed by atoms with Gasteiger partial charge in [-0.25, -0.2) is 4.98 Å². The maximum Gasteiger partial charge on any atom is 0.267 e. The molecule has 4 aromatic rings. The highest BCUT2D eigenvalue weighted by Crippen LogP contribution is 2.33. The van der Waals surface area contributed by atoms with E-state index in [1.807, 2.05) is 11.0 Å². The number of hydrogen-bond acceptors (Lipinski definition) is 7. The summed E-state index contributed by atoms with van der Waals surface area (Å²) in [6, 6.07) is 3.88. The van der Waals surface area contributed by atoms with Crippen LogP contribution in [0.2, 0.25) is 0 Å². The van der Waals surface area contributed by atoms with Gasteiger partial charge in [0.25, 0.3) is 5.89 Å². The van der Waals surface area contributed by atoms with Crippen LogP contribution in [0.1, 0.15) is 47.9 Å². The van der Waals surface area contributed by atoms with Crippen molar-refractivity contribution < 1.29 is 13.6 Å². The van der Waals surface area contributed by atoms with Gasteiger partial charge in [0.2, 0.25) is 11.8 Å². The minimum atomic E-state index is -0.235. The van der Waals surface area contributed by atoms with Gasteiger partial charge in [-0.05, 0) is 56.4 Å². The van der Waals surface area contributed by atoms with Gasteiger partial charge in [0.15, 0.2) is 0 Å². The first-order chi connectivity index (χ1) is 15.1. The van der Waals surface area contributed by atoms with E-state index >= 15 is 0 Å². The Labute approximate surface area is 179 Å². The van der Waals surface area contributed by atoms with Gasteiger partial charge in [-0.3, -0.25) is 9.78 Å². The molecule has 5 rings (SSSR count). The maximum atomic E-state index is 13.3. The van der Waals surface area contributed by atoms with E-state index in [9.17, 15) is 4.79 Å². The number of piperidine rings is 1. The number of aryl methyl sites for hydroxylation is 2. The molecule has 1 unspecified atom stereocenters. The number of hydrogen-bond donors (Lipinski definition) is 0. The third-order valence-corrected chi connectivity index (χ3v) is 5.94. The summed E-state index contributed by atoms with van der Waals surface area (Å²) in [5.41, 5.74) is 4.59. The molecule has 0 aliphatic carbocycles. The van der Waals surface area contributed by atoms with Gasteiger partial charge in [0.05, 0.1) is 18.9 Å². The summed E-state index contributed by atoms with van der Waals surface area (Å²) in [5.74, 6) is 0.787. The van der Waals surface area contributed by atoms with Crippen LogP contribution in [-0.2, 0) is 11.2 Å². The van der Waals surface area contributed by atoms with Crippen LogP contribution in [-0.4, -0.2) is 37.5 Å². The molecule has 0 saturated carbocycles. The number of rotatable bonds is 4. The van der Waals surface area contributed by atoms with E-state index in [-0.39, 0.29) is 18.4 Å². The molecule has 1 atom stereocenters. The Balaban J connectivity index is 1.39. The minimum absolute atomic E-state index is 0.0323. The molecule has 31 heavy (non-hydrogen) atoms. The molecule has 1 saturated heterocycles. The number of nitrogens with zero attached hydrogens (tertiary/aromatic N) is 5. The average molecular weight is 417 g/mol. The molecule has 1 aliphatic rings. The summed E-state index contributed by atoms with van der Waals surface area (Å²) in [6.45, 7) is 4.79. The van der Waals surface area contributed by atoms with Crippen molar-refractivity contribution in [2.45, 2.75) is 45.6 Å². The fourth-order valence-corrected chi connectivity index (χ4v) is 4.11. The topological polar surface area (TPSA) is 98.2 Å². The monoisotopic (exact) mass is 417 g/mol. The van der Waals surface area contributed by atoms with Gasteiger partial charge < -0.3 is 13.7 Å². The van der Waals surface area contributed by atoms with E-state index in [4.69, 9.17) is 8.83 Å². The Morgan fingerprint density at radius 1 is 1.16 bits per heavy atom. The van der Waals surface area contributed by atoms with Crippen molar-refractivity contribution in [1.82, 2.24) is 25.1 Å². The number of likely N-dealkylation sites (tertiary alicyclic amines) is 1. The Hall–Kier alpha value is -3.55. The summed E-state index contributed by atoms with van der Waals surface area (Å²) in [5, 5.41) is 9.33. The van der Waals surface area contributed by atoms with Gasteiger partial charge in [-0.2, -0.15) is 0 Å². The lowest BCUT2D eigenvalue weighted by atomic mass is 10.00. The highest BCUT2D eigenvalue weighted by Gasteiger charge is 2.32. The Bertz CT molecular complexity index is 1230. The van der Waals surface area contributed by atoms with E-state index in [0.29, 0.717) is 24.0 Å². The number of aromatic nitrogens is 4. The molecule has 1 aliphatic heterocycles. The molecule has 1 amide bonds. The highest BCUT2D eigenvalue weighted by atomic mass is 16.4. The van der Waals surface area contributed by atoms with Crippen LogP contribution in [0.15, 0.2) is 45.8 Å². The first-order valence-electron chi connectivity index (χ1n) is 10.5. The quantitative estimate of drug-likeness (QED) is 0.491. The normalized spacial score (nSPS) is 16.7. The molecule has 158 valence electrons. The summed E-state index contributed by atoms with van der Waals surface area (Å²) < 4.78 is 11.6. The molecule has 1 fully saturated rings. The number of amides is 1. The standard InChI is InChI=1S/C23H23N5O3/c1-14-9-17-16(13-30-20(17)10-15(14)2)11-21(29)28-8-4-3-5-19(28)23-27-26-22(31-23)18-12-24-6-7-25-18/h6-7,9-10,12-13,19H,3-5,8,11H2,1-2H3. The number of fused-ring (bicyclic) bond motifs is 1. The highest BCUT2D eigenvalue weighted by molar-refractivity contribution is 5.88. The van der Waals surface area contributed by atoms with E-state index in [0.717, 1.165) is 35.8 Å². The second-order valence-corrected chi connectivity index (χ2v) is 8.01. The second-order valence-electron chi connectivity index (χ2n) is 8.01. The van der Waals surface area contributed by atoms with Gasteiger partial charge in [0.1, 0.15) is 17.3 Å². The second kappa shape index (κ2) is 7.94. The summed E-state index contributed by atoms with van der Waals surface area (Å²) in [7, 11) is 0. The smallest absolute Gasteiger partial charge is 0.267 e. The number of furan rings is 1. The largest absolute Gasteiger partial charge is 0.464 e. The first kappa shape index (κ1) is 19.4. The summed E-state index contributed by atoms with van der Waals surface area (Å²) >= 11 is 0. The Morgan fingerprint density at radius 2 is 2.03 bits per heavy atom. The predicted molar refractivity (Wildman–Crippen MR) is 113 cm³/mol. The fourth-order valence-electron chi connectivity index (χ4n) is 4.11. The van der Waals surface area contributed by atoms with Crippen molar-refractivity contribution in [3.05, 3.63) is 59.6 Å². The first-order valence-corrected chi connectivity index (χ1v) is 10.5. The van der Waals surface area contributed by atoms with Gasteiger partial charge >= 0.3 is 0 Å². The van der Waals surface area contributed by atoms with Crippen molar-refractivity contribution >= 4 is 16.9 Å².